The second kappa shape index (κ2) is 8.16. The van der Waals surface area contributed by atoms with Crippen LogP contribution in [0.2, 0.25) is 0 Å². The first-order valence-electron chi connectivity index (χ1n) is 10.7. The molecule has 1 saturated carbocycles. The van der Waals surface area contributed by atoms with Crippen molar-refractivity contribution >= 4 is 34.2 Å². The minimum atomic E-state index is -0.474. The van der Waals surface area contributed by atoms with E-state index >= 15 is 0 Å². The van der Waals surface area contributed by atoms with Gasteiger partial charge in [-0.05, 0) is 32.8 Å². The van der Waals surface area contributed by atoms with Crippen LogP contribution in [0.1, 0.15) is 72.9 Å². The molecule has 1 amide bonds. The summed E-state index contributed by atoms with van der Waals surface area (Å²) in [5.41, 5.74) is 8.38. The maximum Gasteiger partial charge on any atom is 0.261 e. The highest BCUT2D eigenvalue weighted by Crippen LogP contribution is 2.39. The molecule has 31 heavy (non-hydrogen) atoms. The summed E-state index contributed by atoms with van der Waals surface area (Å²) in [5.74, 6) is -0.0220. The average Bonchev–Trinajstić information content (AvgIpc) is 3.38. The van der Waals surface area contributed by atoms with Gasteiger partial charge in [-0.1, -0.05) is 26.2 Å². The largest absolute Gasteiger partial charge is 0.350 e. The molecule has 4 rings (SSSR count). The van der Waals surface area contributed by atoms with Crippen LogP contribution < -0.4 is 11.1 Å². The Labute approximate surface area is 185 Å². The van der Waals surface area contributed by atoms with E-state index in [-0.39, 0.29) is 17.1 Å². The van der Waals surface area contributed by atoms with Crippen molar-refractivity contribution in [2.45, 2.75) is 58.4 Å². The van der Waals surface area contributed by atoms with Gasteiger partial charge in [-0.2, -0.15) is 0 Å². The van der Waals surface area contributed by atoms with E-state index in [1.54, 1.807) is 18.5 Å². The Kier molecular flexibility index (Phi) is 5.70. The molecule has 0 atom stereocenters. The zero-order valence-corrected chi connectivity index (χ0v) is 19.1. The molecule has 0 radical (unpaired) electrons. The van der Waals surface area contributed by atoms with E-state index in [1.807, 2.05) is 19.2 Å². The second-order valence-corrected chi connectivity index (χ2v) is 10.4. The van der Waals surface area contributed by atoms with Crippen molar-refractivity contribution in [1.29, 1.82) is 0 Å². The van der Waals surface area contributed by atoms with Crippen LogP contribution in [0, 0.1) is 5.41 Å². The lowest BCUT2D eigenvalue weighted by Gasteiger charge is -2.31. The van der Waals surface area contributed by atoms with Crippen molar-refractivity contribution in [3.63, 3.8) is 0 Å². The van der Waals surface area contributed by atoms with Crippen molar-refractivity contribution in [1.82, 2.24) is 20.3 Å². The molecule has 0 bridgehead atoms. The number of hydrogen-bond donors (Lipinski definition) is 3. The number of carbonyl (C=O) groups excluding carboxylic acids is 2. The van der Waals surface area contributed by atoms with Gasteiger partial charge >= 0.3 is 0 Å². The Morgan fingerprint density at radius 3 is 2.74 bits per heavy atom. The highest BCUT2D eigenvalue weighted by atomic mass is 32.1. The fourth-order valence-electron chi connectivity index (χ4n) is 4.07. The van der Waals surface area contributed by atoms with Gasteiger partial charge in [0.05, 0.1) is 22.3 Å². The Morgan fingerprint density at radius 1 is 1.29 bits per heavy atom. The molecule has 0 spiro atoms. The van der Waals surface area contributed by atoms with Gasteiger partial charge in [0.15, 0.2) is 11.4 Å². The minimum absolute atomic E-state index is 0.139. The van der Waals surface area contributed by atoms with E-state index in [2.05, 4.69) is 22.2 Å². The number of aromatic amines is 1. The van der Waals surface area contributed by atoms with Crippen LogP contribution in [0.3, 0.4) is 0 Å². The molecule has 1 aliphatic carbocycles. The van der Waals surface area contributed by atoms with Gasteiger partial charge in [-0.3, -0.25) is 9.59 Å². The number of fused-ring (bicyclic) bond motifs is 1. The number of Topliss-reactive ketones (excluding diaryl/α,β-unsaturated/α-hetero) is 1. The van der Waals surface area contributed by atoms with Crippen molar-refractivity contribution < 1.29 is 9.59 Å². The summed E-state index contributed by atoms with van der Waals surface area (Å²) in [6, 6.07) is 1.80. The molecule has 0 aromatic carbocycles. The number of amides is 1. The first-order valence-corrected chi connectivity index (χ1v) is 11.6. The summed E-state index contributed by atoms with van der Waals surface area (Å²) in [6.07, 6.45) is 8.59. The zero-order chi connectivity index (χ0) is 22.2. The number of nitrogens with two attached hydrogens (primary N) is 1. The van der Waals surface area contributed by atoms with Crippen molar-refractivity contribution in [3.8, 4) is 11.3 Å². The summed E-state index contributed by atoms with van der Waals surface area (Å²) in [5, 5.41) is 4.74. The molecule has 4 N–H and O–H groups in total. The van der Waals surface area contributed by atoms with Crippen LogP contribution in [0.25, 0.3) is 22.4 Å². The highest BCUT2D eigenvalue weighted by molar-refractivity contribution is 7.12. The first-order chi connectivity index (χ1) is 14.7. The molecular formula is C23H29N5O2S. The zero-order valence-electron chi connectivity index (χ0n) is 18.2. The lowest BCUT2D eigenvalue weighted by molar-refractivity contribution is 0.0751. The fraction of sp³-hybridized carbons (Fsp3) is 0.478. The third-order valence-electron chi connectivity index (χ3n) is 5.95. The van der Waals surface area contributed by atoms with Gasteiger partial charge in [0.2, 0.25) is 0 Å². The quantitative estimate of drug-likeness (QED) is 0.495. The Hall–Kier alpha value is -2.58. The first kappa shape index (κ1) is 21.6. The number of H-pyrrole nitrogens is 1. The molecule has 8 heteroatoms. The SMILES string of the molecule is CC(C)(N)CNC(=O)c1cc(-c2cnc3[nH]cc(C(=O)C4(C)CCCCC4)c3n2)cs1. The molecule has 1 fully saturated rings. The maximum absolute atomic E-state index is 13.3. The van der Waals surface area contributed by atoms with Crippen LogP contribution in [-0.4, -0.2) is 38.7 Å². The Bertz CT molecular complexity index is 1120. The van der Waals surface area contributed by atoms with Crippen LogP contribution in [-0.2, 0) is 0 Å². The number of rotatable bonds is 6. The van der Waals surface area contributed by atoms with E-state index in [0.29, 0.717) is 33.8 Å². The summed E-state index contributed by atoms with van der Waals surface area (Å²) in [7, 11) is 0. The molecule has 7 nitrogen and oxygen atoms in total. The van der Waals surface area contributed by atoms with Gasteiger partial charge in [0.25, 0.3) is 5.91 Å². The van der Waals surface area contributed by atoms with Crippen LogP contribution in [0.5, 0.6) is 0 Å². The summed E-state index contributed by atoms with van der Waals surface area (Å²) in [4.78, 5) is 38.7. The standard InChI is InChI=1S/C23H29N5O2S/c1-22(2,24)13-27-21(30)17-9-14(12-31-17)16-11-26-20-18(28-16)15(10-25-20)19(29)23(3)7-5-4-6-8-23/h9-12H,4-8,13,24H2,1-3H3,(H,25,26)(H,27,30). The average molecular weight is 440 g/mol. The molecular weight excluding hydrogens is 410 g/mol. The van der Waals surface area contributed by atoms with Gasteiger partial charge in [-0.25, -0.2) is 9.97 Å². The Morgan fingerprint density at radius 2 is 2.03 bits per heavy atom. The highest BCUT2D eigenvalue weighted by Gasteiger charge is 2.36. The summed E-state index contributed by atoms with van der Waals surface area (Å²) < 4.78 is 0. The van der Waals surface area contributed by atoms with E-state index in [1.165, 1.54) is 17.8 Å². The summed E-state index contributed by atoms with van der Waals surface area (Å²) >= 11 is 1.35. The number of hydrogen-bond acceptors (Lipinski definition) is 6. The molecule has 1 aliphatic rings. The van der Waals surface area contributed by atoms with E-state index < -0.39 is 5.54 Å². The molecule has 3 heterocycles. The monoisotopic (exact) mass is 439 g/mol. The molecule has 0 unspecified atom stereocenters. The topological polar surface area (TPSA) is 114 Å². The van der Waals surface area contributed by atoms with E-state index in [0.717, 1.165) is 31.2 Å². The van der Waals surface area contributed by atoms with Gasteiger partial charge < -0.3 is 16.0 Å². The lowest BCUT2D eigenvalue weighted by atomic mass is 9.71. The normalized spacial score (nSPS) is 16.4. The van der Waals surface area contributed by atoms with Crippen molar-refractivity contribution in [2.75, 3.05) is 6.54 Å². The minimum Gasteiger partial charge on any atom is -0.350 e. The lowest BCUT2D eigenvalue weighted by Crippen LogP contribution is -2.44. The molecule has 164 valence electrons. The summed E-state index contributed by atoms with van der Waals surface area (Å²) in [6.45, 7) is 6.18. The van der Waals surface area contributed by atoms with Gasteiger partial charge in [0.1, 0.15) is 5.52 Å². The number of carbonyl (C=O) groups is 2. The second-order valence-electron chi connectivity index (χ2n) is 9.48. The number of ketones is 1. The third kappa shape index (κ3) is 4.55. The third-order valence-corrected chi connectivity index (χ3v) is 6.88. The Balaban J connectivity index is 1.60. The number of aromatic nitrogens is 3. The molecule has 3 aromatic heterocycles. The number of nitrogens with zero attached hydrogens (tertiary/aromatic N) is 2. The smallest absolute Gasteiger partial charge is 0.261 e. The maximum atomic E-state index is 13.3. The van der Waals surface area contributed by atoms with Crippen LogP contribution in [0.4, 0.5) is 0 Å². The predicted octanol–water partition coefficient (Wildman–Crippen LogP) is 4.31. The van der Waals surface area contributed by atoms with E-state index in [9.17, 15) is 9.59 Å². The number of nitrogens with one attached hydrogen (secondary N) is 2. The fourth-order valence-corrected chi connectivity index (χ4v) is 4.89. The van der Waals surface area contributed by atoms with Crippen molar-refractivity contribution in [2.24, 2.45) is 11.1 Å². The van der Waals surface area contributed by atoms with Gasteiger partial charge in [-0.15, -0.1) is 11.3 Å². The predicted molar refractivity (Wildman–Crippen MR) is 123 cm³/mol. The number of thiophene rings is 1. The van der Waals surface area contributed by atoms with Gasteiger partial charge in [0, 0.05) is 34.6 Å². The molecule has 0 aliphatic heterocycles. The van der Waals surface area contributed by atoms with Crippen molar-refractivity contribution in [3.05, 3.63) is 34.3 Å². The van der Waals surface area contributed by atoms with Crippen LogP contribution >= 0.6 is 11.3 Å². The van der Waals surface area contributed by atoms with Crippen LogP contribution in [0.15, 0.2) is 23.8 Å². The van der Waals surface area contributed by atoms with E-state index in [4.69, 9.17) is 10.7 Å². The molecule has 3 aromatic rings. The molecule has 0 saturated heterocycles.